The third-order valence-electron chi connectivity index (χ3n) is 3.50. The Morgan fingerprint density at radius 2 is 2.22 bits per heavy atom. The van der Waals surface area contributed by atoms with Gasteiger partial charge in [0.15, 0.2) is 0 Å². The summed E-state index contributed by atoms with van der Waals surface area (Å²) in [4.78, 5) is 27.1. The maximum Gasteiger partial charge on any atom is 0.248 e. The number of hydrogen-bond donors (Lipinski definition) is 0. The van der Waals surface area contributed by atoms with E-state index in [-0.39, 0.29) is 24.5 Å². The average molecular weight is 256 g/mol. The highest BCUT2D eigenvalue weighted by molar-refractivity contribution is 5.81. The average Bonchev–Trinajstić information content (AvgIpc) is 2.76. The molecule has 1 atom stereocenters. The summed E-state index contributed by atoms with van der Waals surface area (Å²) in [6.45, 7) is 2.96. The first kappa shape index (κ1) is 13.3. The molecule has 2 fully saturated rings. The summed E-state index contributed by atoms with van der Waals surface area (Å²) in [6, 6.07) is 0.217. The number of methoxy groups -OCH3 is 1. The van der Waals surface area contributed by atoms with E-state index in [1.54, 1.807) is 12.0 Å². The molecule has 2 amide bonds. The fourth-order valence-electron chi connectivity index (χ4n) is 2.48. The lowest BCUT2D eigenvalue weighted by Crippen LogP contribution is -2.53. The Hall–Kier alpha value is -1.14. The van der Waals surface area contributed by atoms with Crippen LogP contribution in [0.15, 0.2) is 0 Å². The number of nitrogens with zero attached hydrogens (tertiary/aromatic N) is 2. The van der Waals surface area contributed by atoms with Gasteiger partial charge in [-0.15, -0.1) is 0 Å². The van der Waals surface area contributed by atoms with Crippen molar-refractivity contribution in [3.63, 3.8) is 0 Å². The number of fused-ring (bicyclic) bond motifs is 1. The summed E-state index contributed by atoms with van der Waals surface area (Å²) in [7, 11) is 1.60. The molecule has 2 heterocycles. The highest BCUT2D eigenvalue weighted by Gasteiger charge is 2.36. The van der Waals surface area contributed by atoms with Crippen LogP contribution in [-0.2, 0) is 19.1 Å². The summed E-state index contributed by atoms with van der Waals surface area (Å²) in [5.74, 6) is 0.230. The molecule has 18 heavy (non-hydrogen) atoms. The molecule has 2 saturated heterocycles. The first-order valence-electron chi connectivity index (χ1n) is 6.36. The summed E-state index contributed by atoms with van der Waals surface area (Å²) < 4.78 is 10.1. The van der Waals surface area contributed by atoms with Gasteiger partial charge in [0.1, 0.15) is 6.61 Å². The van der Waals surface area contributed by atoms with Crippen LogP contribution in [0.3, 0.4) is 0 Å². The number of piperazine rings is 1. The van der Waals surface area contributed by atoms with Crippen LogP contribution in [0.1, 0.15) is 12.8 Å². The molecule has 1 unspecified atom stereocenters. The van der Waals surface area contributed by atoms with Gasteiger partial charge >= 0.3 is 0 Å². The molecule has 102 valence electrons. The molecule has 2 rings (SSSR count). The van der Waals surface area contributed by atoms with Crippen LogP contribution in [0.4, 0.5) is 0 Å². The van der Waals surface area contributed by atoms with Crippen LogP contribution >= 0.6 is 0 Å². The van der Waals surface area contributed by atoms with Gasteiger partial charge in [-0.25, -0.2) is 0 Å². The van der Waals surface area contributed by atoms with E-state index in [2.05, 4.69) is 0 Å². The largest absolute Gasteiger partial charge is 0.382 e. The molecule has 0 N–H and O–H groups in total. The molecule has 0 aromatic rings. The van der Waals surface area contributed by atoms with E-state index in [9.17, 15) is 9.59 Å². The maximum atomic E-state index is 11.9. The second kappa shape index (κ2) is 6.15. The lowest BCUT2D eigenvalue weighted by Gasteiger charge is -2.37. The van der Waals surface area contributed by atoms with Gasteiger partial charge in [0.25, 0.3) is 0 Å². The number of rotatable bonds is 5. The molecule has 0 aromatic heterocycles. The molecule has 0 bridgehead atoms. The minimum absolute atomic E-state index is 0.00472. The van der Waals surface area contributed by atoms with Crippen molar-refractivity contribution in [1.29, 1.82) is 0 Å². The van der Waals surface area contributed by atoms with Crippen LogP contribution < -0.4 is 0 Å². The molecule has 0 aromatic carbocycles. The zero-order valence-corrected chi connectivity index (χ0v) is 10.8. The molecule has 2 aliphatic heterocycles. The minimum Gasteiger partial charge on any atom is -0.382 e. The monoisotopic (exact) mass is 256 g/mol. The molecule has 0 saturated carbocycles. The third-order valence-corrected chi connectivity index (χ3v) is 3.50. The topological polar surface area (TPSA) is 59.1 Å². The fraction of sp³-hybridized carbons (Fsp3) is 0.833. The Labute approximate surface area is 107 Å². The number of amides is 2. The third kappa shape index (κ3) is 3.00. The smallest absolute Gasteiger partial charge is 0.248 e. The summed E-state index contributed by atoms with van der Waals surface area (Å²) in [5.41, 5.74) is 0. The standard InChI is InChI=1S/C12H20N2O4/c1-17-6-7-18-9-12(16)13-4-5-14-10(8-13)2-3-11(14)15/h10H,2-9H2,1H3. The highest BCUT2D eigenvalue weighted by Crippen LogP contribution is 2.22. The van der Waals surface area contributed by atoms with Crippen molar-refractivity contribution >= 4 is 11.8 Å². The zero-order valence-electron chi connectivity index (χ0n) is 10.8. The Morgan fingerprint density at radius 3 is 3.00 bits per heavy atom. The SMILES string of the molecule is COCCOCC(=O)N1CCN2C(=O)CCC2C1. The van der Waals surface area contributed by atoms with E-state index in [0.29, 0.717) is 39.3 Å². The van der Waals surface area contributed by atoms with Crippen molar-refractivity contribution in [3.8, 4) is 0 Å². The zero-order chi connectivity index (χ0) is 13.0. The lowest BCUT2D eigenvalue weighted by atomic mass is 10.1. The predicted octanol–water partition coefficient (Wildman–Crippen LogP) is -0.517. The van der Waals surface area contributed by atoms with Crippen LogP contribution in [0.2, 0.25) is 0 Å². The molecule has 6 heteroatoms. The minimum atomic E-state index is 0.00472. The molecule has 0 radical (unpaired) electrons. The normalized spacial score (nSPS) is 23.4. The van der Waals surface area contributed by atoms with Crippen molar-refractivity contribution in [2.75, 3.05) is 46.6 Å². The Bertz CT molecular complexity index is 321. The number of hydrogen-bond acceptors (Lipinski definition) is 4. The first-order chi connectivity index (χ1) is 8.72. The van der Waals surface area contributed by atoms with Gasteiger partial charge in [-0.3, -0.25) is 9.59 Å². The van der Waals surface area contributed by atoms with Gasteiger partial charge in [0, 0.05) is 39.2 Å². The van der Waals surface area contributed by atoms with Crippen molar-refractivity contribution < 1.29 is 19.1 Å². The van der Waals surface area contributed by atoms with Gasteiger partial charge in [-0.2, -0.15) is 0 Å². The van der Waals surface area contributed by atoms with E-state index in [4.69, 9.17) is 9.47 Å². The van der Waals surface area contributed by atoms with Crippen LogP contribution in [0.5, 0.6) is 0 Å². The second-order valence-corrected chi connectivity index (χ2v) is 4.66. The Kier molecular flexibility index (Phi) is 4.54. The van der Waals surface area contributed by atoms with Crippen LogP contribution in [0, 0.1) is 0 Å². The Balaban J connectivity index is 1.74. The van der Waals surface area contributed by atoms with E-state index in [0.717, 1.165) is 6.42 Å². The van der Waals surface area contributed by atoms with Crippen molar-refractivity contribution in [2.24, 2.45) is 0 Å². The van der Waals surface area contributed by atoms with Gasteiger partial charge < -0.3 is 19.3 Å². The van der Waals surface area contributed by atoms with Crippen molar-refractivity contribution in [2.45, 2.75) is 18.9 Å². The number of carbonyl (C=O) groups is 2. The highest BCUT2D eigenvalue weighted by atomic mass is 16.5. The lowest BCUT2D eigenvalue weighted by molar-refractivity contribution is -0.142. The Morgan fingerprint density at radius 1 is 1.39 bits per heavy atom. The molecule has 6 nitrogen and oxygen atoms in total. The number of ether oxygens (including phenoxy) is 2. The molecule has 0 aliphatic carbocycles. The van der Waals surface area contributed by atoms with Gasteiger partial charge in [-0.05, 0) is 6.42 Å². The van der Waals surface area contributed by atoms with Gasteiger partial charge in [0.2, 0.25) is 11.8 Å². The molecule has 2 aliphatic rings. The van der Waals surface area contributed by atoms with Gasteiger partial charge in [-0.1, -0.05) is 0 Å². The molecular formula is C12H20N2O4. The second-order valence-electron chi connectivity index (χ2n) is 4.66. The number of carbonyl (C=O) groups excluding carboxylic acids is 2. The van der Waals surface area contributed by atoms with Crippen molar-refractivity contribution in [1.82, 2.24) is 9.80 Å². The van der Waals surface area contributed by atoms with E-state index in [1.807, 2.05) is 4.90 Å². The summed E-state index contributed by atoms with van der Waals surface area (Å²) in [5, 5.41) is 0. The van der Waals surface area contributed by atoms with Crippen LogP contribution in [-0.4, -0.2) is 74.2 Å². The first-order valence-corrected chi connectivity index (χ1v) is 6.36. The van der Waals surface area contributed by atoms with E-state index < -0.39 is 0 Å². The van der Waals surface area contributed by atoms with E-state index in [1.165, 1.54) is 0 Å². The van der Waals surface area contributed by atoms with Crippen molar-refractivity contribution in [3.05, 3.63) is 0 Å². The van der Waals surface area contributed by atoms with Crippen LogP contribution in [0.25, 0.3) is 0 Å². The summed E-state index contributed by atoms with van der Waals surface area (Å²) in [6.07, 6.45) is 1.49. The van der Waals surface area contributed by atoms with E-state index >= 15 is 0 Å². The maximum absolute atomic E-state index is 11.9. The summed E-state index contributed by atoms with van der Waals surface area (Å²) >= 11 is 0. The molecular weight excluding hydrogens is 236 g/mol. The quantitative estimate of drug-likeness (QED) is 0.621. The molecule has 0 spiro atoms. The predicted molar refractivity (Wildman–Crippen MR) is 64.0 cm³/mol. The fourth-order valence-corrected chi connectivity index (χ4v) is 2.48. The van der Waals surface area contributed by atoms with Gasteiger partial charge in [0.05, 0.1) is 13.2 Å².